The Morgan fingerprint density at radius 1 is 1.14 bits per heavy atom. The number of nitrogens with zero attached hydrogens (tertiary/aromatic N) is 2. The van der Waals surface area contributed by atoms with E-state index in [0.29, 0.717) is 0 Å². The molecule has 1 atom stereocenters. The van der Waals surface area contributed by atoms with Gasteiger partial charge in [0.2, 0.25) is 5.95 Å². The molecule has 28 heavy (non-hydrogen) atoms. The fourth-order valence-corrected chi connectivity index (χ4v) is 2.31. The highest BCUT2D eigenvalue weighted by molar-refractivity contribution is 5.96. The minimum absolute atomic E-state index is 0.0733. The molecule has 0 radical (unpaired) electrons. The summed E-state index contributed by atoms with van der Waals surface area (Å²) < 4.78 is 38.1. The van der Waals surface area contributed by atoms with E-state index in [1.165, 1.54) is 4.90 Å². The lowest BCUT2D eigenvalue weighted by Gasteiger charge is -2.27. The average Bonchev–Trinajstić information content (AvgIpc) is 2.60. The Kier molecular flexibility index (Phi) is 5.48. The van der Waals surface area contributed by atoms with Crippen LogP contribution in [0.3, 0.4) is 0 Å². The first kappa shape index (κ1) is 20.9. The Morgan fingerprint density at radius 3 is 2.14 bits per heavy atom. The van der Waals surface area contributed by atoms with E-state index in [9.17, 15) is 32.7 Å². The van der Waals surface area contributed by atoms with Gasteiger partial charge in [0.25, 0.3) is 11.5 Å². The highest BCUT2D eigenvalue weighted by atomic mass is 19.4. The summed E-state index contributed by atoms with van der Waals surface area (Å²) in [5, 5.41) is 11.8. The fourth-order valence-electron chi connectivity index (χ4n) is 2.31. The van der Waals surface area contributed by atoms with E-state index in [0.717, 1.165) is 37.3 Å². The number of anilines is 1. The molecule has 2 aromatic rings. The second-order valence-corrected chi connectivity index (χ2v) is 6.31. The van der Waals surface area contributed by atoms with Gasteiger partial charge in [-0.25, -0.2) is 9.78 Å². The van der Waals surface area contributed by atoms with Crippen LogP contribution in [0.5, 0.6) is 0 Å². The summed E-state index contributed by atoms with van der Waals surface area (Å²) in [6.07, 6.45) is -4.58. The van der Waals surface area contributed by atoms with Crippen LogP contribution in [-0.4, -0.2) is 41.0 Å². The van der Waals surface area contributed by atoms with Crippen molar-refractivity contribution in [3.63, 3.8) is 0 Å². The highest BCUT2D eigenvalue weighted by Crippen LogP contribution is 2.31. The molecule has 0 aliphatic carbocycles. The smallest absolute Gasteiger partial charge is 0.416 e. The SMILES string of the molecule is CN(C)c1nc(C(=O)NC(C)(C(=O)O)c2ccc(C(F)(F)F)cc2)cc(=O)[nH]1. The molecule has 1 heterocycles. The fraction of sp³-hybridized carbons (Fsp3) is 0.294. The molecule has 0 aliphatic rings. The molecule has 0 saturated carbocycles. The van der Waals surface area contributed by atoms with Crippen molar-refractivity contribution in [1.82, 2.24) is 15.3 Å². The van der Waals surface area contributed by atoms with Crippen molar-refractivity contribution in [3.8, 4) is 0 Å². The summed E-state index contributed by atoms with van der Waals surface area (Å²) in [5.41, 5.74) is -4.06. The molecule has 0 spiro atoms. The molecule has 1 unspecified atom stereocenters. The minimum atomic E-state index is -4.58. The monoisotopic (exact) mass is 398 g/mol. The Labute approximate surface area is 157 Å². The van der Waals surface area contributed by atoms with Crippen LogP contribution in [-0.2, 0) is 16.5 Å². The maximum Gasteiger partial charge on any atom is 0.416 e. The number of carbonyl (C=O) groups excluding carboxylic acids is 1. The van der Waals surface area contributed by atoms with E-state index in [-0.39, 0.29) is 17.2 Å². The standard InChI is InChI=1S/C17H17F3N4O4/c1-16(14(27)28,9-4-6-10(7-5-9)17(18,19)20)23-13(26)11-8-12(25)22-15(21-11)24(2)3/h4-8H,1-3H3,(H,23,26)(H,27,28)(H,21,22,25). The summed E-state index contributed by atoms with van der Waals surface area (Å²) in [5.74, 6) is -2.40. The largest absolute Gasteiger partial charge is 0.479 e. The molecule has 1 aromatic heterocycles. The molecule has 2 rings (SSSR count). The van der Waals surface area contributed by atoms with Gasteiger partial charge in [-0.05, 0) is 24.6 Å². The molecular formula is C17H17F3N4O4. The van der Waals surface area contributed by atoms with Gasteiger partial charge in [-0.3, -0.25) is 14.6 Å². The number of hydrogen-bond donors (Lipinski definition) is 3. The van der Waals surface area contributed by atoms with Gasteiger partial charge in [-0.2, -0.15) is 13.2 Å². The summed E-state index contributed by atoms with van der Waals surface area (Å²) in [4.78, 5) is 43.7. The van der Waals surface area contributed by atoms with Gasteiger partial charge in [-0.15, -0.1) is 0 Å². The number of aliphatic carboxylic acids is 1. The molecule has 0 aliphatic heterocycles. The van der Waals surface area contributed by atoms with Crippen LogP contribution in [0.4, 0.5) is 19.1 Å². The Morgan fingerprint density at radius 2 is 1.68 bits per heavy atom. The number of H-pyrrole nitrogens is 1. The predicted molar refractivity (Wildman–Crippen MR) is 93.1 cm³/mol. The van der Waals surface area contributed by atoms with E-state index in [1.807, 2.05) is 0 Å². The number of aromatic amines is 1. The van der Waals surface area contributed by atoms with E-state index < -0.39 is 34.7 Å². The number of alkyl halides is 3. The number of rotatable bonds is 5. The topological polar surface area (TPSA) is 115 Å². The lowest BCUT2D eigenvalue weighted by atomic mass is 9.91. The molecule has 1 aromatic carbocycles. The van der Waals surface area contributed by atoms with Crippen LogP contribution in [0.15, 0.2) is 35.1 Å². The van der Waals surface area contributed by atoms with Crippen molar-refractivity contribution in [2.24, 2.45) is 0 Å². The summed E-state index contributed by atoms with van der Waals surface area (Å²) in [6.45, 7) is 1.12. The Hall–Kier alpha value is -3.37. The third kappa shape index (κ3) is 4.30. The number of hydrogen-bond acceptors (Lipinski definition) is 5. The number of benzene rings is 1. The number of carboxylic acid groups (broad SMARTS) is 1. The second-order valence-electron chi connectivity index (χ2n) is 6.31. The van der Waals surface area contributed by atoms with Gasteiger partial charge < -0.3 is 15.3 Å². The van der Waals surface area contributed by atoms with Crippen molar-refractivity contribution in [2.45, 2.75) is 18.6 Å². The lowest BCUT2D eigenvalue weighted by Crippen LogP contribution is -2.50. The van der Waals surface area contributed by atoms with Gasteiger partial charge in [0.05, 0.1) is 5.56 Å². The number of halogens is 3. The van der Waals surface area contributed by atoms with E-state index >= 15 is 0 Å². The van der Waals surface area contributed by atoms with Crippen LogP contribution < -0.4 is 15.8 Å². The molecular weight excluding hydrogens is 381 g/mol. The first-order chi connectivity index (χ1) is 12.8. The number of carbonyl (C=O) groups is 2. The molecule has 11 heteroatoms. The molecule has 150 valence electrons. The first-order valence-corrected chi connectivity index (χ1v) is 7.87. The summed E-state index contributed by atoms with van der Waals surface area (Å²) >= 11 is 0. The van der Waals surface area contributed by atoms with E-state index in [2.05, 4.69) is 15.3 Å². The molecule has 0 bridgehead atoms. The molecule has 0 fully saturated rings. The van der Waals surface area contributed by atoms with Gasteiger partial charge in [0, 0.05) is 20.2 Å². The van der Waals surface area contributed by atoms with Gasteiger partial charge in [0.1, 0.15) is 5.69 Å². The van der Waals surface area contributed by atoms with Crippen LogP contribution >= 0.6 is 0 Å². The number of aromatic nitrogens is 2. The number of nitrogens with one attached hydrogen (secondary N) is 2. The minimum Gasteiger partial charge on any atom is -0.479 e. The van der Waals surface area contributed by atoms with Crippen molar-refractivity contribution >= 4 is 17.8 Å². The average molecular weight is 398 g/mol. The highest BCUT2D eigenvalue weighted by Gasteiger charge is 2.38. The summed E-state index contributed by atoms with van der Waals surface area (Å²) in [6, 6.07) is 4.26. The maximum absolute atomic E-state index is 12.7. The molecule has 3 N–H and O–H groups in total. The van der Waals surface area contributed by atoms with Crippen LogP contribution in [0.1, 0.15) is 28.5 Å². The maximum atomic E-state index is 12.7. The van der Waals surface area contributed by atoms with Gasteiger partial charge in [-0.1, -0.05) is 12.1 Å². The third-order valence-electron chi connectivity index (χ3n) is 3.97. The van der Waals surface area contributed by atoms with Crippen molar-refractivity contribution in [1.29, 1.82) is 0 Å². The third-order valence-corrected chi connectivity index (χ3v) is 3.97. The zero-order chi connectivity index (χ0) is 21.3. The van der Waals surface area contributed by atoms with E-state index in [4.69, 9.17) is 0 Å². The number of carboxylic acids is 1. The lowest BCUT2D eigenvalue weighted by molar-refractivity contribution is -0.144. The normalized spacial score (nSPS) is 13.5. The predicted octanol–water partition coefficient (Wildman–Crippen LogP) is 1.58. The van der Waals surface area contributed by atoms with Gasteiger partial charge in [0.15, 0.2) is 5.54 Å². The van der Waals surface area contributed by atoms with E-state index in [1.54, 1.807) is 14.1 Å². The first-order valence-electron chi connectivity index (χ1n) is 7.87. The molecule has 0 saturated heterocycles. The zero-order valence-electron chi connectivity index (χ0n) is 15.1. The van der Waals surface area contributed by atoms with Crippen molar-refractivity contribution < 1.29 is 27.9 Å². The van der Waals surface area contributed by atoms with Crippen LogP contribution in [0, 0.1) is 0 Å². The molecule has 8 nitrogen and oxygen atoms in total. The summed E-state index contributed by atoms with van der Waals surface area (Å²) in [7, 11) is 3.15. The molecule has 1 amide bonds. The Bertz CT molecular complexity index is 954. The quantitative estimate of drug-likeness (QED) is 0.705. The zero-order valence-corrected chi connectivity index (χ0v) is 15.1. The second kappa shape index (κ2) is 7.33. The van der Waals surface area contributed by atoms with Crippen molar-refractivity contribution in [2.75, 3.05) is 19.0 Å². The van der Waals surface area contributed by atoms with Crippen LogP contribution in [0.25, 0.3) is 0 Å². The van der Waals surface area contributed by atoms with Gasteiger partial charge >= 0.3 is 12.1 Å². The van der Waals surface area contributed by atoms with Crippen molar-refractivity contribution in [3.05, 3.63) is 57.5 Å². The Balaban J connectivity index is 2.40. The van der Waals surface area contributed by atoms with Crippen LogP contribution in [0.2, 0.25) is 0 Å². The number of amides is 1.